The van der Waals surface area contributed by atoms with Gasteiger partial charge in [0.05, 0.1) is 30.3 Å². The highest BCUT2D eigenvalue weighted by Gasteiger charge is 2.00. The van der Waals surface area contributed by atoms with Gasteiger partial charge >= 0.3 is 5.97 Å². The highest BCUT2D eigenvalue weighted by atomic mass is 16.5. The third-order valence-electron chi connectivity index (χ3n) is 2.57. The Labute approximate surface area is 109 Å². The van der Waals surface area contributed by atoms with E-state index in [2.05, 4.69) is 9.97 Å². The molecule has 0 atom stereocenters. The lowest BCUT2D eigenvalue weighted by molar-refractivity contribution is -0.142. The van der Waals surface area contributed by atoms with Crippen LogP contribution in [0, 0.1) is 0 Å². The molecule has 19 heavy (non-hydrogen) atoms. The van der Waals surface area contributed by atoms with Crippen molar-refractivity contribution < 1.29 is 9.53 Å². The lowest BCUT2D eigenvalue weighted by atomic mass is 10.1. The van der Waals surface area contributed by atoms with Gasteiger partial charge in [0, 0.05) is 0 Å². The molecule has 0 radical (unpaired) electrons. The van der Waals surface area contributed by atoms with Gasteiger partial charge in [0.2, 0.25) is 0 Å². The number of fused-ring (bicyclic) bond motifs is 1. The number of aromatic nitrogens is 2. The second kappa shape index (κ2) is 5.95. The van der Waals surface area contributed by atoms with Gasteiger partial charge in [-0.3, -0.25) is 9.59 Å². The van der Waals surface area contributed by atoms with Crippen molar-refractivity contribution in [2.45, 2.75) is 13.3 Å². The third kappa shape index (κ3) is 3.28. The van der Waals surface area contributed by atoms with E-state index in [9.17, 15) is 9.59 Å². The first kappa shape index (κ1) is 13.0. The Morgan fingerprint density at radius 2 is 2.32 bits per heavy atom. The molecular weight excluding hydrogens is 244 g/mol. The van der Waals surface area contributed by atoms with Gasteiger partial charge in [-0.15, -0.1) is 0 Å². The minimum atomic E-state index is -0.255. The van der Waals surface area contributed by atoms with E-state index in [1.807, 2.05) is 0 Å². The summed E-state index contributed by atoms with van der Waals surface area (Å²) in [6.07, 6.45) is 5.14. The molecule has 1 aromatic carbocycles. The number of H-pyrrole nitrogens is 1. The van der Waals surface area contributed by atoms with Crippen LogP contribution in [0.2, 0.25) is 0 Å². The summed E-state index contributed by atoms with van der Waals surface area (Å²) >= 11 is 0. The number of hydrogen-bond donors (Lipinski definition) is 1. The molecule has 1 aromatic heterocycles. The molecule has 2 rings (SSSR count). The predicted octanol–water partition coefficient (Wildman–Crippen LogP) is 1.89. The van der Waals surface area contributed by atoms with Crippen molar-refractivity contribution in [3.05, 3.63) is 46.5 Å². The number of nitrogens with one attached hydrogen (secondary N) is 1. The number of carbonyl (C=O) groups excluding carboxylic acids is 1. The van der Waals surface area contributed by atoms with Gasteiger partial charge in [0.1, 0.15) is 0 Å². The van der Waals surface area contributed by atoms with Crippen molar-refractivity contribution in [1.29, 1.82) is 0 Å². The minimum Gasteiger partial charge on any atom is -0.466 e. The molecule has 0 aliphatic heterocycles. The van der Waals surface area contributed by atoms with Gasteiger partial charge < -0.3 is 9.72 Å². The van der Waals surface area contributed by atoms with Crippen LogP contribution >= 0.6 is 0 Å². The second-order valence-corrected chi connectivity index (χ2v) is 3.92. The molecule has 1 N–H and O–H groups in total. The van der Waals surface area contributed by atoms with Crippen LogP contribution in [0.5, 0.6) is 0 Å². The molecule has 2 aromatic rings. The Morgan fingerprint density at radius 1 is 1.47 bits per heavy atom. The molecular formula is C14H14N2O3. The maximum Gasteiger partial charge on any atom is 0.309 e. The average Bonchev–Trinajstić information content (AvgIpc) is 2.39. The van der Waals surface area contributed by atoms with E-state index >= 15 is 0 Å². The number of aromatic amines is 1. The molecule has 0 amide bonds. The fourth-order valence-electron chi connectivity index (χ4n) is 1.70. The largest absolute Gasteiger partial charge is 0.466 e. The number of esters is 1. The lowest BCUT2D eigenvalue weighted by Crippen LogP contribution is -2.05. The average molecular weight is 258 g/mol. The zero-order valence-corrected chi connectivity index (χ0v) is 10.6. The van der Waals surface area contributed by atoms with Crippen molar-refractivity contribution >= 4 is 22.9 Å². The van der Waals surface area contributed by atoms with Gasteiger partial charge in [0.15, 0.2) is 0 Å². The number of carbonyl (C=O) groups is 1. The Kier molecular flexibility index (Phi) is 4.07. The second-order valence-electron chi connectivity index (χ2n) is 3.92. The van der Waals surface area contributed by atoms with E-state index in [1.54, 1.807) is 37.3 Å². The number of hydrogen-bond acceptors (Lipinski definition) is 4. The van der Waals surface area contributed by atoms with E-state index in [4.69, 9.17) is 4.74 Å². The summed E-state index contributed by atoms with van der Waals surface area (Å²) < 4.78 is 4.82. The Balaban J connectivity index is 2.16. The summed E-state index contributed by atoms with van der Waals surface area (Å²) in [6, 6.07) is 5.32. The summed E-state index contributed by atoms with van der Waals surface area (Å²) in [5.74, 6) is -0.255. The highest BCUT2D eigenvalue weighted by molar-refractivity contribution is 5.80. The van der Waals surface area contributed by atoms with Crippen LogP contribution in [0.15, 0.2) is 35.4 Å². The number of nitrogens with zero attached hydrogens (tertiary/aromatic N) is 1. The van der Waals surface area contributed by atoms with Crippen molar-refractivity contribution in [3.8, 4) is 0 Å². The van der Waals surface area contributed by atoms with E-state index in [0.717, 1.165) is 5.56 Å². The molecule has 0 unspecified atom stereocenters. The van der Waals surface area contributed by atoms with Crippen LogP contribution < -0.4 is 5.56 Å². The highest BCUT2D eigenvalue weighted by Crippen LogP contribution is 2.11. The first-order chi connectivity index (χ1) is 9.20. The fourth-order valence-corrected chi connectivity index (χ4v) is 1.70. The van der Waals surface area contributed by atoms with Crippen LogP contribution in [0.25, 0.3) is 17.0 Å². The van der Waals surface area contributed by atoms with Crippen LogP contribution in [-0.2, 0) is 9.53 Å². The lowest BCUT2D eigenvalue weighted by Gasteiger charge is -1.98. The monoisotopic (exact) mass is 258 g/mol. The molecule has 0 fully saturated rings. The first-order valence-corrected chi connectivity index (χ1v) is 6.00. The Hall–Kier alpha value is -2.43. The molecule has 0 bridgehead atoms. The summed E-state index contributed by atoms with van der Waals surface area (Å²) in [4.78, 5) is 29.3. The molecule has 0 aliphatic rings. The van der Waals surface area contributed by atoms with Gasteiger partial charge in [-0.1, -0.05) is 18.2 Å². The zero-order chi connectivity index (χ0) is 13.7. The molecule has 98 valence electrons. The Bertz CT molecular complexity index is 674. The molecule has 0 spiro atoms. The van der Waals surface area contributed by atoms with E-state index in [0.29, 0.717) is 17.5 Å². The molecule has 5 heteroatoms. The summed E-state index contributed by atoms with van der Waals surface area (Å²) in [5, 5.41) is 0.546. The first-order valence-electron chi connectivity index (χ1n) is 6.00. The van der Waals surface area contributed by atoms with Crippen LogP contribution in [0.3, 0.4) is 0 Å². The van der Waals surface area contributed by atoms with E-state index in [-0.39, 0.29) is 17.9 Å². The standard InChI is InChI=1S/C14H14N2O3/c1-2-19-13(17)5-3-4-10-6-7-11-12(8-10)15-9-16-14(11)18/h3-4,6-9H,2,5H2,1H3,(H,15,16,18). The van der Waals surface area contributed by atoms with Crippen molar-refractivity contribution in [2.24, 2.45) is 0 Å². The minimum absolute atomic E-state index is 0.160. The molecule has 0 saturated heterocycles. The quantitative estimate of drug-likeness (QED) is 0.850. The summed E-state index contributed by atoms with van der Waals surface area (Å²) in [6.45, 7) is 2.16. The van der Waals surface area contributed by atoms with Crippen LogP contribution in [-0.4, -0.2) is 22.5 Å². The van der Waals surface area contributed by atoms with E-state index < -0.39 is 0 Å². The van der Waals surface area contributed by atoms with Gasteiger partial charge in [-0.25, -0.2) is 4.98 Å². The van der Waals surface area contributed by atoms with Gasteiger partial charge in [0.25, 0.3) is 5.56 Å². The maximum atomic E-state index is 11.5. The molecule has 5 nitrogen and oxygen atoms in total. The van der Waals surface area contributed by atoms with Crippen molar-refractivity contribution in [3.63, 3.8) is 0 Å². The normalized spacial score (nSPS) is 11.0. The predicted molar refractivity (Wildman–Crippen MR) is 72.6 cm³/mol. The smallest absolute Gasteiger partial charge is 0.309 e. The fraction of sp³-hybridized carbons (Fsp3) is 0.214. The van der Waals surface area contributed by atoms with Crippen LogP contribution in [0.4, 0.5) is 0 Å². The SMILES string of the molecule is CCOC(=O)CC=Cc1ccc2c(=O)[nH]cnc2c1. The number of benzene rings is 1. The summed E-state index contributed by atoms with van der Waals surface area (Å²) in [5.41, 5.74) is 1.35. The molecule has 0 aliphatic carbocycles. The third-order valence-corrected chi connectivity index (χ3v) is 2.57. The maximum absolute atomic E-state index is 11.5. The Morgan fingerprint density at radius 3 is 3.11 bits per heavy atom. The summed E-state index contributed by atoms with van der Waals surface area (Å²) in [7, 11) is 0. The van der Waals surface area contributed by atoms with Crippen molar-refractivity contribution in [2.75, 3.05) is 6.61 Å². The van der Waals surface area contributed by atoms with Crippen molar-refractivity contribution in [1.82, 2.24) is 9.97 Å². The van der Waals surface area contributed by atoms with E-state index in [1.165, 1.54) is 6.33 Å². The van der Waals surface area contributed by atoms with Gasteiger partial charge in [-0.2, -0.15) is 0 Å². The zero-order valence-electron chi connectivity index (χ0n) is 10.6. The van der Waals surface area contributed by atoms with Crippen LogP contribution in [0.1, 0.15) is 18.9 Å². The number of rotatable bonds is 4. The number of ether oxygens (including phenoxy) is 1. The van der Waals surface area contributed by atoms with Gasteiger partial charge in [-0.05, 0) is 24.6 Å². The topological polar surface area (TPSA) is 72.1 Å². The molecule has 0 saturated carbocycles. The molecule has 1 heterocycles.